The first-order valence-corrected chi connectivity index (χ1v) is 15.2. The van der Waals surface area contributed by atoms with Gasteiger partial charge in [-0.3, -0.25) is 0 Å². The summed E-state index contributed by atoms with van der Waals surface area (Å²) >= 11 is 1.90. The van der Waals surface area contributed by atoms with E-state index in [4.69, 9.17) is 0 Å². The molecular formula is C40H25NS. The second-order valence-corrected chi connectivity index (χ2v) is 12.0. The minimum absolute atomic E-state index is 1.15. The molecule has 0 bridgehead atoms. The molecule has 0 saturated heterocycles. The van der Waals surface area contributed by atoms with Crippen LogP contribution in [0.5, 0.6) is 0 Å². The highest BCUT2D eigenvalue weighted by Gasteiger charge is 2.19. The first kappa shape index (κ1) is 23.5. The molecule has 0 aliphatic carbocycles. The summed E-state index contributed by atoms with van der Waals surface area (Å²) < 4.78 is 2.67. The van der Waals surface area contributed by atoms with Gasteiger partial charge < -0.3 is 4.90 Å². The van der Waals surface area contributed by atoms with E-state index in [-0.39, 0.29) is 0 Å². The Balaban J connectivity index is 1.38. The highest BCUT2D eigenvalue weighted by atomic mass is 32.1. The first-order valence-electron chi connectivity index (χ1n) is 14.4. The van der Waals surface area contributed by atoms with Gasteiger partial charge in [-0.1, -0.05) is 115 Å². The summed E-state index contributed by atoms with van der Waals surface area (Å²) in [6.07, 6.45) is 0. The third kappa shape index (κ3) is 3.49. The maximum Gasteiger partial charge on any atom is 0.0540 e. The zero-order valence-corrected chi connectivity index (χ0v) is 23.6. The zero-order chi connectivity index (χ0) is 27.6. The van der Waals surface area contributed by atoms with Gasteiger partial charge in [-0.2, -0.15) is 0 Å². The predicted octanol–water partition coefficient (Wildman–Crippen LogP) is 12.1. The summed E-state index contributed by atoms with van der Waals surface area (Å²) in [5.41, 5.74) is 3.49. The van der Waals surface area contributed by atoms with Crippen molar-refractivity contribution in [3.63, 3.8) is 0 Å². The lowest BCUT2D eigenvalue weighted by atomic mass is 9.97. The molecule has 1 heterocycles. The zero-order valence-electron chi connectivity index (χ0n) is 22.8. The van der Waals surface area contributed by atoms with E-state index in [1.807, 2.05) is 11.3 Å². The summed E-state index contributed by atoms with van der Waals surface area (Å²) in [6.45, 7) is 0. The molecule has 2 heteroatoms. The van der Waals surface area contributed by atoms with E-state index in [9.17, 15) is 0 Å². The van der Waals surface area contributed by atoms with Crippen molar-refractivity contribution in [1.82, 2.24) is 0 Å². The minimum atomic E-state index is 1.15. The molecule has 1 nitrogen and oxygen atoms in total. The summed E-state index contributed by atoms with van der Waals surface area (Å²) in [7, 11) is 0. The Hall–Kier alpha value is -5.18. The molecule has 8 aromatic carbocycles. The molecule has 42 heavy (non-hydrogen) atoms. The van der Waals surface area contributed by atoms with Crippen LogP contribution in [0.1, 0.15) is 0 Å². The van der Waals surface area contributed by atoms with E-state index in [2.05, 4.69) is 157 Å². The van der Waals surface area contributed by atoms with Gasteiger partial charge in [-0.15, -0.1) is 11.3 Å². The van der Waals surface area contributed by atoms with Crippen LogP contribution >= 0.6 is 11.3 Å². The molecule has 0 aliphatic heterocycles. The van der Waals surface area contributed by atoms with Crippen molar-refractivity contribution in [1.29, 1.82) is 0 Å². The lowest BCUT2D eigenvalue weighted by Crippen LogP contribution is -2.10. The van der Waals surface area contributed by atoms with Crippen molar-refractivity contribution < 1.29 is 0 Å². The Bertz CT molecular complexity index is 2480. The average Bonchev–Trinajstić information content (AvgIpc) is 3.45. The molecule has 0 radical (unpaired) electrons. The van der Waals surface area contributed by atoms with Crippen molar-refractivity contribution >= 4 is 91.7 Å². The standard InChI is InChI=1S/C40H25NS/c1-2-12-28-24-29(21-20-26(28)10-1)41(37-19-9-13-27-11-3-4-14-31(27)37)30-22-23-38-36(25-30)39-34-17-7-5-15-32(34)33-16-6-8-18-35(33)40(39)42-38/h1-25H. The Morgan fingerprint density at radius 2 is 0.976 bits per heavy atom. The van der Waals surface area contributed by atoms with Crippen LogP contribution in [0.2, 0.25) is 0 Å². The molecule has 9 aromatic rings. The number of rotatable bonds is 3. The number of benzene rings is 8. The molecule has 0 N–H and O–H groups in total. The summed E-state index contributed by atoms with van der Waals surface area (Å²) in [4.78, 5) is 2.43. The van der Waals surface area contributed by atoms with Crippen molar-refractivity contribution in [3.05, 3.63) is 152 Å². The number of anilines is 3. The molecule has 0 saturated carbocycles. The topological polar surface area (TPSA) is 3.24 Å². The largest absolute Gasteiger partial charge is 0.310 e. The van der Waals surface area contributed by atoms with Crippen LogP contribution in [-0.4, -0.2) is 0 Å². The van der Waals surface area contributed by atoms with Crippen LogP contribution < -0.4 is 4.90 Å². The summed E-state index contributed by atoms with van der Waals surface area (Å²) in [6, 6.07) is 55.5. The first-order chi connectivity index (χ1) is 20.8. The molecule has 196 valence electrons. The van der Waals surface area contributed by atoms with Gasteiger partial charge in [0, 0.05) is 42.3 Å². The number of fused-ring (bicyclic) bond motifs is 10. The highest BCUT2D eigenvalue weighted by molar-refractivity contribution is 7.27. The van der Waals surface area contributed by atoms with Crippen molar-refractivity contribution in [2.45, 2.75) is 0 Å². The summed E-state index contributed by atoms with van der Waals surface area (Å²) in [5.74, 6) is 0. The Kier molecular flexibility index (Phi) is 5.13. The highest BCUT2D eigenvalue weighted by Crippen LogP contribution is 2.47. The minimum Gasteiger partial charge on any atom is -0.310 e. The van der Waals surface area contributed by atoms with Crippen LogP contribution in [0.15, 0.2) is 152 Å². The number of nitrogens with zero attached hydrogens (tertiary/aromatic N) is 1. The van der Waals surface area contributed by atoms with Crippen molar-refractivity contribution in [3.8, 4) is 0 Å². The molecule has 0 amide bonds. The predicted molar refractivity (Wildman–Crippen MR) is 184 cm³/mol. The van der Waals surface area contributed by atoms with Gasteiger partial charge >= 0.3 is 0 Å². The van der Waals surface area contributed by atoms with Gasteiger partial charge in [0.1, 0.15) is 0 Å². The van der Waals surface area contributed by atoms with Crippen LogP contribution in [0.4, 0.5) is 17.1 Å². The third-order valence-electron chi connectivity index (χ3n) is 8.59. The fraction of sp³-hybridized carbons (Fsp3) is 0. The van der Waals surface area contributed by atoms with Gasteiger partial charge in [-0.05, 0) is 68.7 Å². The van der Waals surface area contributed by atoms with Crippen LogP contribution in [-0.2, 0) is 0 Å². The second kappa shape index (κ2) is 9.17. The van der Waals surface area contributed by atoms with Gasteiger partial charge in [0.25, 0.3) is 0 Å². The van der Waals surface area contributed by atoms with Crippen LogP contribution in [0.3, 0.4) is 0 Å². The van der Waals surface area contributed by atoms with E-state index in [0.717, 1.165) is 11.4 Å². The monoisotopic (exact) mass is 551 g/mol. The SMILES string of the molecule is c1ccc2cc(N(c3ccc4sc5c6ccccc6c6ccccc6c5c4c3)c3cccc4ccccc34)ccc2c1. The number of thiophene rings is 1. The molecule has 9 rings (SSSR count). The molecular weight excluding hydrogens is 527 g/mol. The smallest absolute Gasteiger partial charge is 0.0540 e. The van der Waals surface area contributed by atoms with Gasteiger partial charge in [-0.25, -0.2) is 0 Å². The van der Waals surface area contributed by atoms with E-state index in [0.29, 0.717) is 0 Å². The molecule has 0 unspecified atom stereocenters. The number of hydrogen-bond donors (Lipinski definition) is 0. The molecule has 0 aliphatic rings. The summed E-state index contributed by atoms with van der Waals surface area (Å²) in [5, 5.41) is 12.9. The molecule has 1 aromatic heterocycles. The normalized spacial score (nSPS) is 11.8. The van der Waals surface area contributed by atoms with Gasteiger partial charge in [0.2, 0.25) is 0 Å². The quantitative estimate of drug-likeness (QED) is 0.197. The second-order valence-electron chi connectivity index (χ2n) is 10.9. The van der Waals surface area contributed by atoms with E-state index in [1.165, 1.54) is 68.9 Å². The van der Waals surface area contributed by atoms with Gasteiger partial charge in [0.15, 0.2) is 0 Å². The van der Waals surface area contributed by atoms with Gasteiger partial charge in [0.05, 0.1) is 5.69 Å². The fourth-order valence-electron chi connectivity index (χ4n) is 6.68. The number of hydrogen-bond acceptors (Lipinski definition) is 2. The van der Waals surface area contributed by atoms with E-state index < -0.39 is 0 Å². The third-order valence-corrected chi connectivity index (χ3v) is 9.79. The fourth-order valence-corrected chi connectivity index (χ4v) is 7.92. The van der Waals surface area contributed by atoms with E-state index in [1.54, 1.807) is 0 Å². The maximum atomic E-state index is 2.43. The Labute approximate surface area is 247 Å². The molecule has 0 fully saturated rings. The van der Waals surface area contributed by atoms with E-state index >= 15 is 0 Å². The molecule has 0 spiro atoms. The lowest BCUT2D eigenvalue weighted by Gasteiger charge is -2.27. The van der Waals surface area contributed by atoms with Crippen molar-refractivity contribution in [2.24, 2.45) is 0 Å². The van der Waals surface area contributed by atoms with Crippen LogP contribution in [0, 0.1) is 0 Å². The Morgan fingerprint density at radius 3 is 1.81 bits per heavy atom. The van der Waals surface area contributed by atoms with Crippen LogP contribution in [0.25, 0.3) is 63.3 Å². The molecule has 0 atom stereocenters. The van der Waals surface area contributed by atoms with Crippen molar-refractivity contribution in [2.75, 3.05) is 4.90 Å². The lowest BCUT2D eigenvalue weighted by molar-refractivity contribution is 1.31. The average molecular weight is 552 g/mol. The maximum absolute atomic E-state index is 2.43. The Morgan fingerprint density at radius 1 is 0.381 bits per heavy atom.